The van der Waals surface area contributed by atoms with Crippen molar-refractivity contribution in [1.82, 2.24) is 0 Å². The molecule has 0 fully saturated rings. The third-order valence-corrected chi connectivity index (χ3v) is 2.96. The summed E-state index contributed by atoms with van der Waals surface area (Å²) in [6, 6.07) is 7.15. The average molecular weight is 289 g/mol. The van der Waals surface area contributed by atoms with Crippen LogP contribution in [0.4, 0.5) is 0 Å². The first-order valence-corrected chi connectivity index (χ1v) is 5.59. The van der Waals surface area contributed by atoms with Crippen LogP contribution >= 0.6 is 22.6 Å². The Hall–Kier alpha value is 0.127. The molecule has 0 saturated heterocycles. The van der Waals surface area contributed by atoms with Gasteiger partial charge in [0.2, 0.25) is 0 Å². The molecule has 1 rings (SSSR count). The molecule has 3 heteroatoms. The summed E-state index contributed by atoms with van der Waals surface area (Å²) >= 11 is 2.25. The molecule has 0 unspecified atom stereocenters. The highest BCUT2D eigenvalue weighted by molar-refractivity contribution is 14.1. The summed E-state index contributed by atoms with van der Waals surface area (Å²) in [6.45, 7) is 0.131. The van der Waals surface area contributed by atoms with Crippen LogP contribution in [0.25, 0.3) is 0 Å². The van der Waals surface area contributed by atoms with Crippen LogP contribution in [0.15, 0.2) is 18.2 Å². The fourth-order valence-electron chi connectivity index (χ4n) is 1.02. The molecular weight excluding hydrogens is 279 g/mol. The minimum absolute atomic E-state index is 0.131. The van der Waals surface area contributed by atoms with Crippen molar-refractivity contribution >= 4 is 32.8 Å². The molecule has 0 spiro atoms. The zero-order valence-corrected chi connectivity index (χ0v) is 9.84. The zero-order chi connectivity index (χ0) is 8.97. The minimum Gasteiger partial charge on any atom is -0.392 e. The molecule has 0 saturated carbocycles. The lowest BCUT2D eigenvalue weighted by Gasteiger charge is -2.03. The van der Waals surface area contributed by atoms with Gasteiger partial charge >= 0.3 is 0 Å². The first kappa shape index (κ1) is 10.2. The molecule has 12 heavy (non-hydrogen) atoms. The maximum absolute atomic E-state index is 8.92. The van der Waals surface area contributed by atoms with Crippen LogP contribution in [0.1, 0.15) is 11.1 Å². The topological polar surface area (TPSA) is 20.2 Å². The third kappa shape index (κ3) is 2.57. The Kier molecular flexibility index (Phi) is 4.24. The summed E-state index contributed by atoms with van der Waals surface area (Å²) in [5, 5.41) is 8.92. The molecule has 0 aromatic heterocycles. The predicted molar refractivity (Wildman–Crippen MR) is 59.3 cm³/mol. The normalized spacial score (nSPS) is 10.2. The van der Waals surface area contributed by atoms with Gasteiger partial charge in [0.25, 0.3) is 0 Å². The minimum atomic E-state index is 0.131. The van der Waals surface area contributed by atoms with Crippen molar-refractivity contribution in [2.24, 2.45) is 0 Å². The van der Waals surface area contributed by atoms with Gasteiger partial charge in [0, 0.05) is 13.8 Å². The van der Waals surface area contributed by atoms with Crippen LogP contribution in [0.5, 0.6) is 0 Å². The van der Waals surface area contributed by atoms with Crippen molar-refractivity contribution in [2.75, 3.05) is 0 Å². The Morgan fingerprint density at radius 3 is 2.67 bits per heavy atom. The summed E-state index contributed by atoms with van der Waals surface area (Å²) in [5.41, 5.74) is 2.32. The van der Waals surface area contributed by atoms with Gasteiger partial charge in [0.1, 0.15) is 0 Å². The van der Waals surface area contributed by atoms with Crippen molar-refractivity contribution in [2.45, 2.75) is 19.1 Å². The SMILES string of the molecule is OCc1ccc(CC[Si])cc1I. The molecule has 1 aromatic rings. The monoisotopic (exact) mass is 289 g/mol. The molecule has 0 aliphatic carbocycles. The molecule has 1 nitrogen and oxygen atoms in total. The second-order valence-corrected chi connectivity index (χ2v) is 4.25. The standard InChI is InChI=1S/C9H10IOSi/c10-9-5-7(3-4-12)1-2-8(9)6-11/h1-2,5,11H,3-4,6H2. The Balaban J connectivity index is 2.86. The van der Waals surface area contributed by atoms with Crippen LogP contribution in [-0.4, -0.2) is 15.3 Å². The van der Waals surface area contributed by atoms with Crippen molar-refractivity contribution < 1.29 is 5.11 Å². The Morgan fingerprint density at radius 1 is 1.42 bits per heavy atom. The van der Waals surface area contributed by atoms with Gasteiger partial charge in [0.05, 0.1) is 6.61 Å². The molecule has 1 N–H and O–H groups in total. The first-order valence-electron chi connectivity index (χ1n) is 3.80. The van der Waals surface area contributed by atoms with Crippen LogP contribution in [0.3, 0.4) is 0 Å². The van der Waals surface area contributed by atoms with E-state index >= 15 is 0 Å². The van der Waals surface area contributed by atoms with Crippen LogP contribution in [-0.2, 0) is 13.0 Å². The molecule has 0 bridgehead atoms. The molecular formula is C9H10IOSi. The second kappa shape index (κ2) is 4.99. The molecule has 63 valence electrons. The maximum Gasteiger partial charge on any atom is 0.0692 e. The van der Waals surface area contributed by atoms with E-state index in [2.05, 4.69) is 45.0 Å². The highest BCUT2D eigenvalue weighted by Gasteiger charge is 1.98. The van der Waals surface area contributed by atoms with E-state index < -0.39 is 0 Å². The number of hydrogen-bond donors (Lipinski definition) is 1. The van der Waals surface area contributed by atoms with E-state index in [4.69, 9.17) is 5.11 Å². The van der Waals surface area contributed by atoms with Crippen LogP contribution < -0.4 is 0 Å². The molecule has 3 radical (unpaired) electrons. The van der Waals surface area contributed by atoms with Gasteiger partial charge in [-0.2, -0.15) is 0 Å². The van der Waals surface area contributed by atoms with Gasteiger partial charge in [-0.3, -0.25) is 0 Å². The number of aryl methyl sites for hydroxylation is 1. The summed E-state index contributed by atoms with van der Waals surface area (Å²) in [5.74, 6) is 0. The van der Waals surface area contributed by atoms with Crippen molar-refractivity contribution in [3.63, 3.8) is 0 Å². The van der Waals surface area contributed by atoms with Gasteiger partial charge < -0.3 is 5.11 Å². The largest absolute Gasteiger partial charge is 0.392 e. The van der Waals surface area contributed by atoms with Crippen LogP contribution in [0, 0.1) is 3.57 Å². The van der Waals surface area contributed by atoms with Crippen molar-refractivity contribution in [3.8, 4) is 0 Å². The van der Waals surface area contributed by atoms with Gasteiger partial charge in [0.15, 0.2) is 0 Å². The molecule has 0 heterocycles. The fourth-order valence-corrected chi connectivity index (χ4v) is 2.06. The number of aliphatic hydroxyl groups is 1. The van der Waals surface area contributed by atoms with Gasteiger partial charge in [-0.05, 0) is 46.2 Å². The van der Waals surface area contributed by atoms with E-state index in [0.29, 0.717) is 0 Å². The quantitative estimate of drug-likeness (QED) is 0.666. The van der Waals surface area contributed by atoms with Gasteiger partial charge in [-0.1, -0.05) is 18.2 Å². The fraction of sp³-hybridized carbons (Fsp3) is 0.333. The van der Waals surface area contributed by atoms with E-state index in [9.17, 15) is 0 Å². The lowest BCUT2D eigenvalue weighted by Crippen LogP contribution is -1.91. The van der Waals surface area contributed by atoms with E-state index in [1.165, 1.54) is 5.56 Å². The van der Waals surface area contributed by atoms with E-state index in [1.807, 2.05) is 6.07 Å². The van der Waals surface area contributed by atoms with Crippen LogP contribution in [0.2, 0.25) is 6.04 Å². The number of hydrogen-bond acceptors (Lipinski definition) is 1. The first-order chi connectivity index (χ1) is 5.77. The Morgan fingerprint density at radius 2 is 2.17 bits per heavy atom. The number of rotatable bonds is 3. The predicted octanol–water partition coefficient (Wildman–Crippen LogP) is 1.91. The summed E-state index contributed by atoms with van der Waals surface area (Å²) in [6.07, 6.45) is 1.04. The van der Waals surface area contributed by atoms with E-state index in [0.717, 1.165) is 21.6 Å². The summed E-state index contributed by atoms with van der Waals surface area (Å²) < 4.78 is 1.15. The summed E-state index contributed by atoms with van der Waals surface area (Å²) in [4.78, 5) is 0. The lowest BCUT2D eigenvalue weighted by atomic mass is 10.1. The third-order valence-electron chi connectivity index (χ3n) is 1.70. The second-order valence-electron chi connectivity index (χ2n) is 2.58. The maximum atomic E-state index is 8.92. The molecule has 0 aliphatic heterocycles. The van der Waals surface area contributed by atoms with Gasteiger partial charge in [-0.25, -0.2) is 0 Å². The summed E-state index contributed by atoms with van der Waals surface area (Å²) in [7, 11) is 3.44. The molecule has 0 aliphatic rings. The zero-order valence-electron chi connectivity index (χ0n) is 6.68. The molecule has 0 atom stereocenters. The number of aliphatic hydroxyl groups excluding tert-OH is 1. The highest BCUT2D eigenvalue weighted by atomic mass is 127. The van der Waals surface area contributed by atoms with Crippen molar-refractivity contribution in [1.29, 1.82) is 0 Å². The number of benzene rings is 1. The Labute approximate surface area is 89.8 Å². The van der Waals surface area contributed by atoms with E-state index in [-0.39, 0.29) is 6.61 Å². The number of halogens is 1. The average Bonchev–Trinajstić information content (AvgIpc) is 2.05. The van der Waals surface area contributed by atoms with E-state index in [1.54, 1.807) is 0 Å². The van der Waals surface area contributed by atoms with Gasteiger partial charge in [-0.15, -0.1) is 0 Å². The van der Waals surface area contributed by atoms with Crippen molar-refractivity contribution in [3.05, 3.63) is 32.9 Å². The lowest BCUT2D eigenvalue weighted by molar-refractivity contribution is 0.281. The Bertz CT molecular complexity index is 263. The highest BCUT2D eigenvalue weighted by Crippen LogP contribution is 2.15. The smallest absolute Gasteiger partial charge is 0.0692 e. The molecule has 1 aromatic carbocycles. The molecule has 0 amide bonds.